The number of nitrogens with zero attached hydrogens (tertiary/aromatic N) is 3. The Morgan fingerprint density at radius 3 is 3.00 bits per heavy atom. The van der Waals surface area contributed by atoms with Crippen molar-refractivity contribution in [1.29, 1.82) is 0 Å². The van der Waals surface area contributed by atoms with Gasteiger partial charge in [0.05, 0.1) is 6.21 Å². The van der Waals surface area contributed by atoms with Gasteiger partial charge in [-0.05, 0) is 12.0 Å². The highest BCUT2D eigenvalue weighted by Crippen LogP contribution is 2.28. The molecule has 0 radical (unpaired) electrons. The van der Waals surface area contributed by atoms with Crippen LogP contribution in [0, 0.1) is 5.92 Å². The van der Waals surface area contributed by atoms with Gasteiger partial charge < -0.3 is 5.21 Å². The molecule has 2 rings (SSSR count). The number of hydrogen-bond acceptors (Lipinski definition) is 4. The van der Waals surface area contributed by atoms with Crippen LogP contribution in [0.3, 0.4) is 0 Å². The van der Waals surface area contributed by atoms with Crippen LogP contribution >= 0.6 is 0 Å². The van der Waals surface area contributed by atoms with Gasteiger partial charge in [0.25, 0.3) is 0 Å². The van der Waals surface area contributed by atoms with E-state index in [2.05, 4.69) is 29.0 Å². The topological polar surface area (TPSA) is 57.8 Å². The second-order valence-electron chi connectivity index (χ2n) is 3.88. The van der Waals surface area contributed by atoms with Crippen LogP contribution in [-0.4, -0.2) is 22.1 Å². The molecule has 0 saturated heterocycles. The van der Waals surface area contributed by atoms with Gasteiger partial charge in [0.1, 0.15) is 0 Å². The Bertz CT molecular complexity index is 435. The van der Waals surface area contributed by atoms with E-state index in [0.717, 1.165) is 29.1 Å². The van der Waals surface area contributed by atoms with Crippen molar-refractivity contribution in [2.24, 2.45) is 16.1 Å². The van der Waals surface area contributed by atoms with Gasteiger partial charge in [0, 0.05) is 29.5 Å². The summed E-state index contributed by atoms with van der Waals surface area (Å²) in [5.41, 5.74) is 3.08. The molecule has 0 atom stereocenters. The minimum Gasteiger partial charge on any atom is -0.411 e. The Labute approximate surface area is 88.4 Å². The normalized spacial score (nSPS) is 14.7. The fraction of sp³-hybridized carbons (Fsp3) is 0.364. The van der Waals surface area contributed by atoms with Gasteiger partial charge in [-0.3, -0.25) is 0 Å². The standard InChI is InChI=1S/C11H13N3O/c1-7(2)10-5-9-8(6-13-15)3-4-12-11(9)14-10/h3-4,6-7,15H,5H2,1-2H3. The third-order valence-electron chi connectivity index (χ3n) is 2.54. The monoisotopic (exact) mass is 203 g/mol. The fourth-order valence-corrected chi connectivity index (χ4v) is 1.65. The van der Waals surface area contributed by atoms with Gasteiger partial charge in [0.15, 0.2) is 5.82 Å². The van der Waals surface area contributed by atoms with Crippen molar-refractivity contribution in [3.8, 4) is 0 Å². The molecule has 2 heterocycles. The molecular formula is C11H13N3O. The van der Waals surface area contributed by atoms with Crippen LogP contribution in [0.2, 0.25) is 0 Å². The molecule has 4 heteroatoms. The lowest BCUT2D eigenvalue weighted by Gasteiger charge is -2.03. The number of rotatable bonds is 2. The van der Waals surface area contributed by atoms with E-state index in [9.17, 15) is 0 Å². The number of hydrogen-bond donors (Lipinski definition) is 1. The summed E-state index contributed by atoms with van der Waals surface area (Å²) in [7, 11) is 0. The van der Waals surface area contributed by atoms with Gasteiger partial charge in [-0.2, -0.15) is 0 Å². The quantitative estimate of drug-likeness (QED) is 0.455. The molecule has 0 bridgehead atoms. The number of pyridine rings is 1. The Morgan fingerprint density at radius 1 is 1.53 bits per heavy atom. The van der Waals surface area contributed by atoms with Crippen LogP contribution in [0.15, 0.2) is 22.4 Å². The summed E-state index contributed by atoms with van der Waals surface area (Å²) in [6, 6.07) is 1.83. The minimum atomic E-state index is 0.429. The molecule has 0 amide bonds. The first-order valence-corrected chi connectivity index (χ1v) is 4.95. The van der Waals surface area contributed by atoms with E-state index in [4.69, 9.17) is 5.21 Å². The minimum absolute atomic E-state index is 0.429. The van der Waals surface area contributed by atoms with Crippen LogP contribution in [0.1, 0.15) is 25.0 Å². The predicted octanol–water partition coefficient (Wildman–Crippen LogP) is 2.17. The second-order valence-corrected chi connectivity index (χ2v) is 3.88. The van der Waals surface area contributed by atoms with Crippen molar-refractivity contribution in [3.05, 3.63) is 23.4 Å². The average molecular weight is 203 g/mol. The molecule has 1 N–H and O–H groups in total. The summed E-state index contributed by atoms with van der Waals surface area (Å²) >= 11 is 0. The number of oxime groups is 1. The zero-order chi connectivity index (χ0) is 10.8. The van der Waals surface area contributed by atoms with E-state index in [1.165, 1.54) is 6.21 Å². The van der Waals surface area contributed by atoms with E-state index in [0.29, 0.717) is 5.92 Å². The molecule has 15 heavy (non-hydrogen) atoms. The van der Waals surface area contributed by atoms with E-state index >= 15 is 0 Å². The molecule has 78 valence electrons. The lowest BCUT2D eigenvalue weighted by atomic mass is 10.0. The summed E-state index contributed by atoms with van der Waals surface area (Å²) in [5, 5.41) is 11.6. The molecule has 0 saturated carbocycles. The molecule has 1 aliphatic heterocycles. The Kier molecular flexibility index (Phi) is 2.49. The van der Waals surface area contributed by atoms with Crippen molar-refractivity contribution < 1.29 is 5.21 Å². The summed E-state index contributed by atoms with van der Waals surface area (Å²) in [6.07, 6.45) is 3.92. The maximum absolute atomic E-state index is 8.54. The van der Waals surface area contributed by atoms with Crippen molar-refractivity contribution in [1.82, 2.24) is 4.98 Å². The molecule has 0 unspecified atom stereocenters. The number of fused-ring (bicyclic) bond motifs is 1. The molecule has 0 aromatic carbocycles. The highest BCUT2D eigenvalue weighted by Gasteiger charge is 2.20. The first-order valence-electron chi connectivity index (χ1n) is 4.95. The lowest BCUT2D eigenvalue weighted by Crippen LogP contribution is -2.07. The van der Waals surface area contributed by atoms with Crippen molar-refractivity contribution in [3.63, 3.8) is 0 Å². The fourth-order valence-electron chi connectivity index (χ4n) is 1.65. The predicted molar refractivity (Wildman–Crippen MR) is 59.3 cm³/mol. The summed E-state index contributed by atoms with van der Waals surface area (Å²) in [4.78, 5) is 8.66. The lowest BCUT2D eigenvalue weighted by molar-refractivity contribution is 0.322. The molecule has 4 nitrogen and oxygen atoms in total. The summed E-state index contributed by atoms with van der Waals surface area (Å²) in [5.74, 6) is 1.19. The SMILES string of the molecule is CC(C)C1=Nc2nccc(C=NO)c2C1. The summed E-state index contributed by atoms with van der Waals surface area (Å²) < 4.78 is 0. The Hall–Kier alpha value is -1.71. The third kappa shape index (κ3) is 1.75. The molecule has 1 aliphatic rings. The molecule has 1 aromatic rings. The zero-order valence-corrected chi connectivity index (χ0v) is 8.81. The van der Waals surface area contributed by atoms with Crippen LogP contribution in [0.5, 0.6) is 0 Å². The molecule has 1 aromatic heterocycles. The average Bonchev–Trinajstić information content (AvgIpc) is 2.63. The maximum Gasteiger partial charge on any atom is 0.155 e. The number of aliphatic imine (C=N–C) groups is 1. The van der Waals surface area contributed by atoms with Crippen LogP contribution in [0.25, 0.3) is 0 Å². The second kappa shape index (κ2) is 3.81. The highest BCUT2D eigenvalue weighted by atomic mass is 16.4. The van der Waals surface area contributed by atoms with Gasteiger partial charge in [0.2, 0.25) is 0 Å². The maximum atomic E-state index is 8.54. The number of aromatic nitrogens is 1. The molecular weight excluding hydrogens is 190 g/mol. The van der Waals surface area contributed by atoms with Gasteiger partial charge in [-0.25, -0.2) is 9.98 Å². The first-order chi connectivity index (χ1) is 7.22. The van der Waals surface area contributed by atoms with Crippen LogP contribution < -0.4 is 0 Å². The Morgan fingerprint density at radius 2 is 2.33 bits per heavy atom. The van der Waals surface area contributed by atoms with Crippen molar-refractivity contribution >= 4 is 17.7 Å². The van der Waals surface area contributed by atoms with Crippen LogP contribution in [0.4, 0.5) is 5.82 Å². The largest absolute Gasteiger partial charge is 0.411 e. The molecule has 0 fully saturated rings. The van der Waals surface area contributed by atoms with Crippen molar-refractivity contribution in [2.45, 2.75) is 20.3 Å². The van der Waals surface area contributed by atoms with Gasteiger partial charge >= 0.3 is 0 Å². The van der Waals surface area contributed by atoms with E-state index < -0.39 is 0 Å². The van der Waals surface area contributed by atoms with Gasteiger partial charge in [-0.15, -0.1) is 0 Å². The highest BCUT2D eigenvalue weighted by molar-refractivity contribution is 5.97. The van der Waals surface area contributed by atoms with Crippen molar-refractivity contribution in [2.75, 3.05) is 0 Å². The molecule has 0 aliphatic carbocycles. The van der Waals surface area contributed by atoms with E-state index in [1.54, 1.807) is 6.20 Å². The third-order valence-corrected chi connectivity index (χ3v) is 2.54. The zero-order valence-electron chi connectivity index (χ0n) is 8.81. The van der Waals surface area contributed by atoms with Gasteiger partial charge in [-0.1, -0.05) is 19.0 Å². The van der Waals surface area contributed by atoms with E-state index in [1.807, 2.05) is 6.07 Å². The smallest absolute Gasteiger partial charge is 0.155 e. The van der Waals surface area contributed by atoms with E-state index in [-0.39, 0.29) is 0 Å². The first kappa shape index (κ1) is 9.83. The molecule has 0 spiro atoms. The van der Waals surface area contributed by atoms with Crippen LogP contribution in [-0.2, 0) is 6.42 Å². The summed E-state index contributed by atoms with van der Waals surface area (Å²) in [6.45, 7) is 4.23. The Balaban J connectivity index is 2.40.